The van der Waals surface area contributed by atoms with Crippen LogP contribution < -0.4 is 0 Å². The Hall–Kier alpha value is -1.28. The van der Waals surface area contributed by atoms with Crippen LogP contribution in [0.2, 0.25) is 0 Å². The summed E-state index contributed by atoms with van der Waals surface area (Å²) >= 11 is 0. The van der Waals surface area contributed by atoms with Crippen LogP contribution in [0.4, 0.5) is 0 Å². The van der Waals surface area contributed by atoms with Gasteiger partial charge in [0.05, 0.1) is 17.8 Å². The maximum Gasteiger partial charge on any atom is 0.113 e. The number of methoxy groups -OCH3 is 1. The maximum absolute atomic E-state index is 5.73. The number of ether oxygens (including phenoxy) is 2. The monoisotopic (exact) mass is 218 g/mol. The van der Waals surface area contributed by atoms with Crippen molar-refractivity contribution in [3.05, 3.63) is 48.2 Å². The lowest BCUT2D eigenvalue weighted by molar-refractivity contribution is 0.0960. The lowest BCUT2D eigenvalue weighted by Crippen LogP contribution is -2.13. The molecule has 0 N–H and O–H groups in total. The van der Waals surface area contributed by atoms with Crippen molar-refractivity contribution in [1.29, 1.82) is 0 Å². The van der Waals surface area contributed by atoms with Gasteiger partial charge in [-0.2, -0.15) is 0 Å². The third-order valence-electron chi connectivity index (χ3n) is 3.12. The Bertz CT molecular complexity index is 352. The van der Waals surface area contributed by atoms with Crippen LogP contribution >= 0.6 is 0 Å². The molecule has 0 radical (unpaired) electrons. The van der Waals surface area contributed by atoms with Crippen molar-refractivity contribution in [2.75, 3.05) is 13.7 Å². The van der Waals surface area contributed by atoms with Gasteiger partial charge in [0, 0.05) is 7.11 Å². The quantitative estimate of drug-likeness (QED) is 0.683. The molecule has 1 aliphatic rings. The van der Waals surface area contributed by atoms with Crippen LogP contribution in [0, 0.1) is 5.41 Å². The van der Waals surface area contributed by atoms with Crippen LogP contribution in [0.1, 0.15) is 18.4 Å². The molecule has 0 heterocycles. The van der Waals surface area contributed by atoms with Crippen molar-refractivity contribution in [1.82, 2.24) is 0 Å². The molecule has 0 spiro atoms. The predicted molar refractivity (Wildman–Crippen MR) is 63.9 cm³/mol. The zero-order chi connectivity index (χ0) is 11.4. The summed E-state index contributed by atoms with van der Waals surface area (Å²) in [6, 6.07) is 10.2. The Kier molecular flexibility index (Phi) is 3.30. The van der Waals surface area contributed by atoms with E-state index in [2.05, 4.69) is 18.7 Å². The highest BCUT2D eigenvalue weighted by atomic mass is 16.5. The van der Waals surface area contributed by atoms with Crippen LogP contribution in [0.5, 0.6) is 0 Å². The summed E-state index contributed by atoms with van der Waals surface area (Å²) in [5.74, 6) is 0.873. The number of benzene rings is 1. The van der Waals surface area contributed by atoms with Crippen molar-refractivity contribution in [3.8, 4) is 0 Å². The number of rotatable bonds is 6. The van der Waals surface area contributed by atoms with Crippen molar-refractivity contribution in [3.63, 3.8) is 0 Å². The summed E-state index contributed by atoms with van der Waals surface area (Å²) in [4.78, 5) is 0. The molecular weight excluding hydrogens is 200 g/mol. The van der Waals surface area contributed by atoms with Gasteiger partial charge in [0.15, 0.2) is 0 Å². The van der Waals surface area contributed by atoms with Crippen molar-refractivity contribution >= 4 is 0 Å². The van der Waals surface area contributed by atoms with Gasteiger partial charge in [0.1, 0.15) is 6.61 Å². The first kappa shape index (κ1) is 11.2. The lowest BCUT2D eigenvalue weighted by atomic mass is 10.1. The van der Waals surface area contributed by atoms with E-state index in [4.69, 9.17) is 9.47 Å². The standard InChI is InChI=1S/C14H18O2/c1-12(14(8-9-14)11-15-2)16-10-13-6-4-3-5-7-13/h3-7H,1,8-11H2,2H3. The van der Waals surface area contributed by atoms with E-state index in [1.165, 1.54) is 5.56 Å². The summed E-state index contributed by atoms with van der Waals surface area (Å²) in [5, 5.41) is 0. The van der Waals surface area contributed by atoms with Crippen LogP contribution in [0.25, 0.3) is 0 Å². The first-order valence-electron chi connectivity index (χ1n) is 5.62. The van der Waals surface area contributed by atoms with Gasteiger partial charge < -0.3 is 9.47 Å². The second-order valence-corrected chi connectivity index (χ2v) is 4.41. The fraction of sp³-hybridized carbons (Fsp3) is 0.429. The fourth-order valence-electron chi connectivity index (χ4n) is 1.83. The van der Waals surface area contributed by atoms with Crippen LogP contribution in [-0.2, 0) is 16.1 Å². The average molecular weight is 218 g/mol. The fourth-order valence-corrected chi connectivity index (χ4v) is 1.83. The lowest BCUT2D eigenvalue weighted by Gasteiger charge is -2.18. The van der Waals surface area contributed by atoms with E-state index < -0.39 is 0 Å². The molecule has 1 aromatic rings. The Morgan fingerprint density at radius 2 is 2.00 bits per heavy atom. The van der Waals surface area contributed by atoms with Crippen LogP contribution in [-0.4, -0.2) is 13.7 Å². The highest BCUT2D eigenvalue weighted by Crippen LogP contribution is 2.51. The normalized spacial score (nSPS) is 16.8. The molecule has 2 nitrogen and oxygen atoms in total. The van der Waals surface area contributed by atoms with Gasteiger partial charge in [-0.15, -0.1) is 0 Å². The predicted octanol–water partition coefficient (Wildman–Crippen LogP) is 3.14. The zero-order valence-corrected chi connectivity index (χ0v) is 9.74. The Labute approximate surface area is 96.9 Å². The summed E-state index contributed by atoms with van der Waals surface area (Å²) in [6.07, 6.45) is 2.27. The van der Waals surface area contributed by atoms with E-state index in [-0.39, 0.29) is 5.41 Å². The zero-order valence-electron chi connectivity index (χ0n) is 9.74. The summed E-state index contributed by atoms with van der Waals surface area (Å²) in [5.41, 5.74) is 1.28. The molecule has 0 amide bonds. The molecule has 0 atom stereocenters. The first-order chi connectivity index (χ1) is 7.77. The highest BCUT2D eigenvalue weighted by molar-refractivity contribution is 5.16. The van der Waals surface area contributed by atoms with Gasteiger partial charge in [-0.05, 0) is 18.4 Å². The minimum absolute atomic E-state index is 0.101. The van der Waals surface area contributed by atoms with Gasteiger partial charge >= 0.3 is 0 Å². The maximum atomic E-state index is 5.73. The van der Waals surface area contributed by atoms with E-state index in [9.17, 15) is 0 Å². The molecule has 16 heavy (non-hydrogen) atoms. The van der Waals surface area contributed by atoms with Gasteiger partial charge in [-0.3, -0.25) is 0 Å². The molecule has 0 saturated heterocycles. The highest BCUT2D eigenvalue weighted by Gasteiger charge is 2.46. The molecule has 1 fully saturated rings. The molecule has 1 saturated carbocycles. The Morgan fingerprint density at radius 1 is 1.31 bits per heavy atom. The van der Waals surface area contributed by atoms with Crippen molar-refractivity contribution < 1.29 is 9.47 Å². The number of hydrogen-bond acceptors (Lipinski definition) is 2. The second-order valence-electron chi connectivity index (χ2n) is 4.41. The molecule has 0 aromatic heterocycles. The van der Waals surface area contributed by atoms with E-state index in [1.807, 2.05) is 18.2 Å². The van der Waals surface area contributed by atoms with Gasteiger partial charge in [0.2, 0.25) is 0 Å². The van der Waals surface area contributed by atoms with Crippen molar-refractivity contribution in [2.45, 2.75) is 19.4 Å². The van der Waals surface area contributed by atoms with E-state index in [1.54, 1.807) is 7.11 Å². The van der Waals surface area contributed by atoms with Gasteiger partial charge in [0.25, 0.3) is 0 Å². The smallest absolute Gasteiger partial charge is 0.113 e. The molecule has 2 heteroatoms. The summed E-state index contributed by atoms with van der Waals surface area (Å²) < 4.78 is 10.9. The topological polar surface area (TPSA) is 18.5 Å². The molecule has 0 aliphatic heterocycles. The van der Waals surface area contributed by atoms with Crippen molar-refractivity contribution in [2.24, 2.45) is 5.41 Å². The molecule has 0 unspecified atom stereocenters. The average Bonchev–Trinajstić information content (AvgIpc) is 3.09. The molecule has 1 aliphatic carbocycles. The van der Waals surface area contributed by atoms with Gasteiger partial charge in [-0.25, -0.2) is 0 Å². The largest absolute Gasteiger partial charge is 0.493 e. The third kappa shape index (κ3) is 2.45. The number of hydrogen-bond donors (Lipinski definition) is 0. The van der Waals surface area contributed by atoms with E-state index in [0.29, 0.717) is 6.61 Å². The molecule has 2 rings (SSSR count). The second kappa shape index (κ2) is 4.71. The SMILES string of the molecule is C=C(OCc1ccccc1)C1(COC)CC1. The minimum atomic E-state index is 0.101. The first-order valence-corrected chi connectivity index (χ1v) is 5.62. The van der Waals surface area contributed by atoms with Gasteiger partial charge in [-0.1, -0.05) is 36.9 Å². The van der Waals surface area contributed by atoms with E-state index in [0.717, 1.165) is 25.2 Å². The molecular formula is C14H18O2. The summed E-state index contributed by atoms with van der Waals surface area (Å²) in [6.45, 7) is 5.35. The summed E-state index contributed by atoms with van der Waals surface area (Å²) in [7, 11) is 1.73. The molecule has 1 aromatic carbocycles. The van der Waals surface area contributed by atoms with Crippen LogP contribution in [0.3, 0.4) is 0 Å². The molecule has 86 valence electrons. The minimum Gasteiger partial charge on any atom is -0.493 e. The Morgan fingerprint density at radius 3 is 2.56 bits per heavy atom. The van der Waals surface area contributed by atoms with E-state index >= 15 is 0 Å². The Balaban J connectivity index is 1.85. The molecule has 0 bridgehead atoms. The third-order valence-corrected chi connectivity index (χ3v) is 3.12. The van der Waals surface area contributed by atoms with Crippen LogP contribution in [0.15, 0.2) is 42.7 Å².